The van der Waals surface area contributed by atoms with E-state index in [9.17, 15) is 23.2 Å². The average Bonchev–Trinajstić information content (AvgIpc) is 3.14. The summed E-state index contributed by atoms with van der Waals surface area (Å²) in [6.07, 6.45) is -3.17. The molecule has 3 heterocycles. The van der Waals surface area contributed by atoms with E-state index >= 15 is 0 Å². The fourth-order valence-electron chi connectivity index (χ4n) is 3.27. The number of aromatic nitrogens is 1. The van der Waals surface area contributed by atoms with Crippen molar-refractivity contribution >= 4 is 12.0 Å². The summed E-state index contributed by atoms with van der Waals surface area (Å²) in [6.45, 7) is 3.70. The topological polar surface area (TPSA) is 107 Å². The van der Waals surface area contributed by atoms with Gasteiger partial charge in [-0.1, -0.05) is 19.9 Å². The molecule has 8 nitrogen and oxygen atoms in total. The number of cyclic esters (lactones) is 1. The van der Waals surface area contributed by atoms with Crippen molar-refractivity contribution in [3.8, 4) is 22.8 Å². The van der Waals surface area contributed by atoms with Crippen LogP contribution in [-0.4, -0.2) is 23.3 Å². The van der Waals surface area contributed by atoms with E-state index in [1.807, 2.05) is 19.2 Å². The summed E-state index contributed by atoms with van der Waals surface area (Å²) in [4.78, 5) is 38.4. The first-order valence-electron chi connectivity index (χ1n) is 9.01. The number of rotatable bonds is 4. The molecule has 2 amide bonds. The minimum atomic E-state index is -3.73. The number of aromatic amines is 1. The monoisotopic (exact) mass is 418 g/mol. The van der Waals surface area contributed by atoms with Crippen LogP contribution in [0, 0.1) is 5.92 Å². The van der Waals surface area contributed by atoms with Gasteiger partial charge < -0.3 is 19.2 Å². The van der Waals surface area contributed by atoms with Crippen molar-refractivity contribution in [1.29, 1.82) is 0 Å². The lowest BCUT2D eigenvalue weighted by Crippen LogP contribution is -2.25. The minimum Gasteiger partial charge on any atom is -0.404 e. The molecule has 1 fully saturated rings. The van der Waals surface area contributed by atoms with Crippen molar-refractivity contribution in [2.24, 2.45) is 5.92 Å². The Hall–Kier alpha value is -3.69. The molecule has 1 unspecified atom stereocenters. The van der Waals surface area contributed by atoms with Crippen molar-refractivity contribution in [1.82, 2.24) is 10.3 Å². The van der Waals surface area contributed by atoms with Crippen LogP contribution in [0.1, 0.15) is 25.3 Å². The number of pyridine rings is 1. The van der Waals surface area contributed by atoms with Gasteiger partial charge in [0.2, 0.25) is 0 Å². The van der Waals surface area contributed by atoms with Crippen molar-refractivity contribution in [2.75, 3.05) is 0 Å². The molecule has 2 aliphatic heterocycles. The van der Waals surface area contributed by atoms with Gasteiger partial charge in [0.15, 0.2) is 17.3 Å². The van der Waals surface area contributed by atoms with Gasteiger partial charge in [0, 0.05) is 22.7 Å². The molecule has 0 aliphatic carbocycles. The molecule has 0 bridgehead atoms. The Balaban J connectivity index is 1.66. The lowest BCUT2D eigenvalue weighted by atomic mass is 9.88. The number of hydrogen-bond donors (Lipinski definition) is 2. The number of carbonyl (C=O) groups is 2. The number of alkyl carbamates (subject to hydrolysis) is 1. The zero-order valence-corrected chi connectivity index (χ0v) is 15.8. The first-order chi connectivity index (χ1) is 14.1. The third-order valence-corrected chi connectivity index (χ3v) is 4.70. The van der Waals surface area contributed by atoms with Gasteiger partial charge in [-0.05, 0) is 36.3 Å². The van der Waals surface area contributed by atoms with Crippen LogP contribution in [0.2, 0.25) is 0 Å². The maximum atomic E-state index is 13.2. The normalized spacial score (nSPS) is 19.2. The van der Waals surface area contributed by atoms with Crippen LogP contribution in [0.25, 0.3) is 11.3 Å². The fraction of sp³-hybridized carbons (Fsp3) is 0.250. The molecule has 4 rings (SSSR count). The van der Waals surface area contributed by atoms with Gasteiger partial charge >= 0.3 is 12.4 Å². The highest BCUT2D eigenvalue weighted by molar-refractivity contribution is 6.07. The average molecular weight is 418 g/mol. The van der Waals surface area contributed by atoms with Crippen molar-refractivity contribution in [2.45, 2.75) is 26.1 Å². The summed E-state index contributed by atoms with van der Waals surface area (Å²) in [5.41, 5.74) is 0.743. The molecule has 1 aromatic heterocycles. The number of fused-ring (bicyclic) bond motifs is 1. The lowest BCUT2D eigenvalue weighted by molar-refractivity contribution is -0.286. The number of hydrogen-bond acceptors (Lipinski definition) is 6. The first-order valence-corrected chi connectivity index (χ1v) is 9.01. The van der Waals surface area contributed by atoms with E-state index in [0.29, 0.717) is 16.8 Å². The summed E-state index contributed by atoms with van der Waals surface area (Å²) >= 11 is 0. The molecular weight excluding hydrogens is 402 g/mol. The van der Waals surface area contributed by atoms with E-state index in [4.69, 9.17) is 4.74 Å². The van der Waals surface area contributed by atoms with Crippen LogP contribution in [0.3, 0.4) is 0 Å². The number of alkyl halides is 2. The summed E-state index contributed by atoms with van der Waals surface area (Å²) in [5, 5.41) is 2.00. The Labute approximate surface area is 168 Å². The molecule has 1 atom stereocenters. The number of nitrogens with one attached hydrogen (secondary N) is 2. The molecule has 156 valence electrons. The maximum absolute atomic E-state index is 13.2. The third kappa shape index (κ3) is 3.63. The van der Waals surface area contributed by atoms with E-state index in [2.05, 4.69) is 14.5 Å². The summed E-state index contributed by atoms with van der Waals surface area (Å²) in [7, 11) is 0. The van der Waals surface area contributed by atoms with Crippen LogP contribution in [-0.2, 0) is 9.53 Å². The van der Waals surface area contributed by atoms with Gasteiger partial charge in [-0.15, -0.1) is 8.78 Å². The predicted octanol–water partition coefficient (Wildman–Crippen LogP) is 3.25. The van der Waals surface area contributed by atoms with Crippen LogP contribution in [0.15, 0.2) is 47.0 Å². The number of carbonyl (C=O) groups excluding carboxylic acids is 2. The second-order valence-corrected chi connectivity index (χ2v) is 7.13. The molecule has 0 saturated carbocycles. The van der Waals surface area contributed by atoms with Gasteiger partial charge in [0.25, 0.3) is 11.5 Å². The minimum absolute atomic E-state index is 0.0932. The Bertz CT molecular complexity index is 1140. The van der Waals surface area contributed by atoms with Crippen molar-refractivity contribution in [3.05, 3.63) is 58.1 Å². The third-order valence-electron chi connectivity index (χ3n) is 4.70. The second kappa shape index (κ2) is 6.97. The molecule has 2 aliphatic rings. The van der Waals surface area contributed by atoms with E-state index in [1.54, 1.807) is 12.1 Å². The van der Waals surface area contributed by atoms with E-state index in [-0.39, 0.29) is 23.2 Å². The highest BCUT2D eigenvalue weighted by Gasteiger charge is 2.43. The number of halogens is 2. The molecular formula is C20H16F2N2O6. The van der Waals surface area contributed by atoms with Crippen LogP contribution < -0.4 is 20.3 Å². The van der Waals surface area contributed by atoms with Gasteiger partial charge in [0.1, 0.15) is 0 Å². The summed E-state index contributed by atoms with van der Waals surface area (Å²) in [6, 6.07) is 7.36. The first kappa shape index (κ1) is 19.6. The number of ether oxygens (including phenoxy) is 3. The van der Waals surface area contributed by atoms with Crippen LogP contribution in [0.4, 0.5) is 13.6 Å². The maximum Gasteiger partial charge on any atom is 0.586 e. The molecule has 30 heavy (non-hydrogen) atoms. The molecule has 2 N–H and O–H groups in total. The van der Waals surface area contributed by atoms with Crippen molar-refractivity contribution < 1.29 is 32.6 Å². The van der Waals surface area contributed by atoms with Gasteiger partial charge in [-0.3, -0.25) is 14.9 Å². The Morgan fingerprint density at radius 3 is 2.40 bits per heavy atom. The highest BCUT2D eigenvalue weighted by Crippen LogP contribution is 2.42. The quantitative estimate of drug-likeness (QED) is 0.739. The van der Waals surface area contributed by atoms with Gasteiger partial charge in [0.05, 0.1) is 0 Å². The molecule has 0 spiro atoms. The zero-order chi connectivity index (χ0) is 21.6. The number of allylic oxidation sites excluding steroid dienone is 1. The Morgan fingerprint density at radius 2 is 1.77 bits per heavy atom. The zero-order valence-electron chi connectivity index (χ0n) is 15.8. The Kier molecular flexibility index (Phi) is 4.56. The smallest absolute Gasteiger partial charge is 0.404 e. The SMILES string of the molecule is CC(C)C(/C=C1\OC(=O)NC1=O)c1ccc(-c2ccc3c(c2)OC(F)(F)O3)[nH]c1=O. The summed E-state index contributed by atoms with van der Waals surface area (Å²) in [5.74, 6) is -1.68. The second-order valence-electron chi connectivity index (χ2n) is 7.13. The van der Waals surface area contributed by atoms with Crippen LogP contribution >= 0.6 is 0 Å². The lowest BCUT2D eigenvalue weighted by Gasteiger charge is -2.17. The molecule has 1 aromatic carbocycles. The number of imide groups is 1. The van der Waals surface area contributed by atoms with Gasteiger partial charge in [-0.25, -0.2) is 4.79 Å². The Morgan fingerprint density at radius 1 is 1.03 bits per heavy atom. The van der Waals surface area contributed by atoms with Gasteiger partial charge in [-0.2, -0.15) is 0 Å². The molecule has 2 aromatic rings. The van der Waals surface area contributed by atoms with E-state index in [1.165, 1.54) is 24.3 Å². The molecule has 1 saturated heterocycles. The standard InChI is InChI=1S/C20H16F2N2O6/c1-9(2)12(8-16-18(26)24-19(27)28-16)11-4-5-13(23-17(11)25)10-3-6-14-15(7-10)30-20(21,22)29-14/h3-9,12H,1-2H3,(H,23,25)(H,24,26,27)/b16-8-. The fourth-order valence-corrected chi connectivity index (χ4v) is 3.27. The predicted molar refractivity (Wildman–Crippen MR) is 99.0 cm³/mol. The molecule has 10 heteroatoms. The largest absolute Gasteiger partial charge is 0.586 e. The number of H-pyrrole nitrogens is 1. The highest BCUT2D eigenvalue weighted by atomic mass is 19.3. The molecule has 0 radical (unpaired) electrons. The van der Waals surface area contributed by atoms with E-state index in [0.717, 1.165) is 0 Å². The van der Waals surface area contributed by atoms with Crippen molar-refractivity contribution in [3.63, 3.8) is 0 Å². The van der Waals surface area contributed by atoms with Crippen LogP contribution in [0.5, 0.6) is 11.5 Å². The van der Waals surface area contributed by atoms with E-state index < -0.39 is 29.8 Å². The number of amides is 2. The number of benzene rings is 1. The summed E-state index contributed by atoms with van der Waals surface area (Å²) < 4.78 is 40.0.